The normalized spacial score (nSPS) is 18.4. The van der Waals surface area contributed by atoms with Gasteiger partial charge in [0.25, 0.3) is 5.91 Å². The van der Waals surface area contributed by atoms with Crippen molar-refractivity contribution in [2.24, 2.45) is 35.5 Å². The van der Waals surface area contributed by atoms with Crippen LogP contribution in [0.4, 0.5) is 0 Å². The Morgan fingerprint density at radius 1 is 0.261 bits per heavy atom. The standard InChI is InChI=1S/C55H92N8O29/c1-21(71)41(35(78)9-29(15-65)49(85)59-43(23(3)73)37(80)11-31(17-67)51(87)61-45(25(5)75)39(82)13-33(19-69)53(89)63-47(27(7)77)55(91)92)57-48(84)28(14-64)8-36(79)42(22(2)72)58-50(86)30(16-66)10-38(81)44(24(4)74)60-52(88)32(18-68)12-40(83)46(26(6)76)62-54(90)34(56)20-70/h21-34,41-47,64-77H,8-20,56H2,1-7H3,(H,57,84)(H,58,86)(H,59,85)(H,60,88)(H,61,87)(H,62,90)(H,63,89)(H,91,92)/p+1. The lowest BCUT2D eigenvalue weighted by atomic mass is 9.91. The zero-order chi connectivity index (χ0) is 71.3. The lowest BCUT2D eigenvalue weighted by molar-refractivity contribution is -0.409. The summed E-state index contributed by atoms with van der Waals surface area (Å²) in [5.74, 6) is -27.4. The molecule has 0 bridgehead atoms. The van der Waals surface area contributed by atoms with E-state index < -0.39 is 293 Å². The van der Waals surface area contributed by atoms with Crippen molar-refractivity contribution in [1.82, 2.24) is 37.2 Å². The molecule has 0 saturated heterocycles. The predicted molar refractivity (Wildman–Crippen MR) is 308 cm³/mol. The fraction of sp³-hybridized carbons (Fsp3) is 0.745. The van der Waals surface area contributed by atoms with Gasteiger partial charge in [-0.3, -0.25) is 62.3 Å². The van der Waals surface area contributed by atoms with Crippen LogP contribution in [0.2, 0.25) is 0 Å². The molecule has 0 aromatic heterocycles. The number of amides is 7. The maximum Gasteiger partial charge on any atom is 0.328 e. The van der Waals surface area contributed by atoms with Crippen molar-refractivity contribution in [3.8, 4) is 0 Å². The van der Waals surface area contributed by atoms with Gasteiger partial charge in [0, 0.05) is 38.5 Å². The van der Waals surface area contributed by atoms with E-state index in [0.717, 1.165) is 48.5 Å². The van der Waals surface area contributed by atoms with Crippen molar-refractivity contribution in [2.45, 2.75) is 178 Å². The number of Topliss-reactive ketones (excluding diaryl/α,β-unsaturated/α-hetero) is 6. The number of carbonyl (C=O) groups is 14. The smallest absolute Gasteiger partial charge is 0.328 e. The Bertz CT molecular complexity index is 2510. The Kier molecular flexibility index (Phi) is 38.6. The molecular formula is C55H93N8O29+. The molecule has 0 fully saturated rings. The van der Waals surface area contributed by atoms with Crippen LogP contribution in [0, 0.1) is 35.5 Å². The van der Waals surface area contributed by atoms with Crippen LogP contribution >= 0.6 is 0 Å². The van der Waals surface area contributed by atoms with Crippen LogP contribution in [-0.4, -0.2) is 296 Å². The average molecular weight is 1330 g/mol. The number of aliphatic carboxylic acids is 1. The maximum absolute atomic E-state index is 13.6. The van der Waals surface area contributed by atoms with Crippen molar-refractivity contribution in [3.05, 3.63) is 0 Å². The van der Waals surface area contributed by atoms with E-state index in [4.69, 9.17) is 0 Å². The molecule has 526 valence electrons. The van der Waals surface area contributed by atoms with E-state index in [1.54, 1.807) is 0 Å². The second-order valence-corrected chi connectivity index (χ2v) is 22.6. The Morgan fingerprint density at radius 3 is 0.522 bits per heavy atom. The fourth-order valence-electron chi connectivity index (χ4n) is 8.85. The van der Waals surface area contributed by atoms with E-state index in [0.29, 0.717) is 0 Å². The number of hydrogen-bond acceptors (Lipinski definition) is 28. The van der Waals surface area contributed by atoms with Crippen molar-refractivity contribution < 1.29 is 149 Å². The van der Waals surface area contributed by atoms with Gasteiger partial charge in [-0.05, 0) is 48.5 Å². The van der Waals surface area contributed by atoms with Crippen molar-refractivity contribution >= 4 is 82.0 Å². The fourth-order valence-corrected chi connectivity index (χ4v) is 8.85. The van der Waals surface area contributed by atoms with Gasteiger partial charge in [0.15, 0.2) is 46.8 Å². The van der Waals surface area contributed by atoms with Crippen molar-refractivity contribution in [1.29, 1.82) is 0 Å². The van der Waals surface area contributed by atoms with Crippen LogP contribution in [0.15, 0.2) is 0 Å². The summed E-state index contributed by atoms with van der Waals surface area (Å²) in [6, 6.07) is -14.4. The van der Waals surface area contributed by atoms with Gasteiger partial charge in [-0.1, -0.05) is 0 Å². The van der Waals surface area contributed by atoms with Crippen molar-refractivity contribution in [2.75, 3.05) is 46.2 Å². The predicted octanol–water partition coefficient (Wildman–Crippen LogP) is -12.9. The number of hydrogen-bond donors (Lipinski definition) is 23. The topological polar surface area (TPSA) is 654 Å². The van der Waals surface area contributed by atoms with E-state index in [1.165, 1.54) is 0 Å². The number of aliphatic hydroxyl groups excluding tert-OH is 14. The molecule has 0 saturated carbocycles. The van der Waals surface area contributed by atoms with Gasteiger partial charge >= 0.3 is 5.97 Å². The third kappa shape index (κ3) is 27.4. The third-order valence-corrected chi connectivity index (χ3v) is 14.6. The summed E-state index contributed by atoms with van der Waals surface area (Å²) in [7, 11) is 0. The molecule has 0 spiro atoms. The molecule has 0 heterocycles. The van der Waals surface area contributed by atoms with Gasteiger partial charge in [0.1, 0.15) is 42.9 Å². The van der Waals surface area contributed by atoms with Gasteiger partial charge in [-0.15, -0.1) is 0 Å². The highest BCUT2D eigenvalue weighted by atomic mass is 16.4. The summed E-state index contributed by atoms with van der Waals surface area (Å²) in [6.45, 7) is -0.225. The quantitative estimate of drug-likeness (QED) is 0.0269. The molecule has 0 aliphatic rings. The maximum atomic E-state index is 13.6. The van der Waals surface area contributed by atoms with Crippen LogP contribution < -0.4 is 43.0 Å². The van der Waals surface area contributed by atoms with Gasteiger partial charge in [0.05, 0.1) is 118 Å². The van der Waals surface area contributed by atoms with E-state index in [1.807, 2.05) is 5.32 Å². The van der Waals surface area contributed by atoms with Gasteiger partial charge in [-0.25, -0.2) is 4.79 Å². The monoisotopic (exact) mass is 1330 g/mol. The highest BCUT2D eigenvalue weighted by Gasteiger charge is 2.41. The summed E-state index contributed by atoms with van der Waals surface area (Å²) in [5.41, 5.74) is 3.38. The minimum Gasteiger partial charge on any atom is -0.480 e. The van der Waals surface area contributed by atoms with Gasteiger partial charge in [0.2, 0.25) is 35.4 Å². The summed E-state index contributed by atoms with van der Waals surface area (Å²) >= 11 is 0. The lowest BCUT2D eigenvalue weighted by Gasteiger charge is -2.28. The van der Waals surface area contributed by atoms with E-state index in [-0.39, 0.29) is 0 Å². The lowest BCUT2D eigenvalue weighted by Crippen LogP contribution is -2.70. The summed E-state index contributed by atoms with van der Waals surface area (Å²) in [4.78, 5) is 184. The number of carboxylic acids is 1. The molecule has 0 radical (unpaired) electrons. The van der Waals surface area contributed by atoms with E-state index >= 15 is 0 Å². The molecule has 0 aliphatic carbocycles. The number of ketones is 6. The molecule has 21 atom stereocenters. The molecule has 7 amide bonds. The molecule has 0 aromatic rings. The molecule has 0 aliphatic heterocycles. The van der Waals surface area contributed by atoms with Crippen LogP contribution in [-0.2, 0) is 67.1 Å². The van der Waals surface area contributed by atoms with Crippen LogP contribution in [0.1, 0.15) is 87.0 Å². The summed E-state index contributed by atoms with van der Waals surface area (Å²) < 4.78 is 0. The first kappa shape index (κ1) is 85.2. The average Bonchev–Trinajstić information content (AvgIpc) is 1.15. The largest absolute Gasteiger partial charge is 0.480 e. The molecule has 92 heavy (non-hydrogen) atoms. The second kappa shape index (κ2) is 41.7. The minimum atomic E-state index is -1.97. The molecule has 25 N–H and O–H groups in total. The zero-order valence-corrected chi connectivity index (χ0v) is 51.9. The SMILES string of the molecule is CC(O)C(NC(=O)C(CO)CC(=O)C(NC(=O)C(CO)CC(=O)C(NC(=O)C(CO)CC(=O)C(NC(=O)C(CO)CC(=O)C(NC(=O)C(CO)CC(=O)C(NC(=O)C(CO)CC(=O)C(NC(=O)C([NH3+])CO)C(C)O)C(C)O)C(C)O)C(C)O)C(C)O)C(C)O)C(=O)O. The zero-order valence-electron chi connectivity index (χ0n) is 51.9. The molecular weight excluding hydrogens is 1240 g/mol. The van der Waals surface area contributed by atoms with Crippen molar-refractivity contribution in [3.63, 3.8) is 0 Å². The van der Waals surface area contributed by atoms with Gasteiger partial charge < -0.3 is 120 Å². The van der Waals surface area contributed by atoms with Crippen LogP contribution in [0.5, 0.6) is 0 Å². The second-order valence-electron chi connectivity index (χ2n) is 22.6. The number of carbonyl (C=O) groups excluding carboxylic acids is 13. The molecule has 37 heteroatoms. The first-order valence-electron chi connectivity index (χ1n) is 29.1. The Labute approximate surface area is 527 Å². The third-order valence-electron chi connectivity index (χ3n) is 14.6. The Hall–Kier alpha value is -6.82. The first-order chi connectivity index (χ1) is 42.7. The highest BCUT2D eigenvalue weighted by Crippen LogP contribution is 2.18. The van der Waals surface area contributed by atoms with E-state index in [2.05, 4.69) is 37.6 Å². The molecule has 37 nitrogen and oxygen atoms in total. The van der Waals surface area contributed by atoms with Crippen LogP contribution in [0.3, 0.4) is 0 Å². The number of aliphatic hydroxyl groups is 14. The summed E-state index contributed by atoms with van der Waals surface area (Å²) in [6.07, 6.45) is -17.8. The highest BCUT2D eigenvalue weighted by molar-refractivity contribution is 6.00. The molecule has 21 unspecified atom stereocenters. The number of nitrogens with one attached hydrogen (secondary N) is 7. The molecule has 0 aromatic carbocycles. The number of carboxylic acid groups (broad SMARTS) is 1. The first-order valence-corrected chi connectivity index (χ1v) is 29.1. The minimum absolute atomic E-state index is 0.720. The van der Waals surface area contributed by atoms with Gasteiger partial charge in [-0.2, -0.15) is 0 Å². The Morgan fingerprint density at radius 2 is 0.402 bits per heavy atom. The van der Waals surface area contributed by atoms with E-state index in [9.17, 15) is 144 Å². The number of quaternary nitrogens is 1. The van der Waals surface area contributed by atoms with Crippen LogP contribution in [0.25, 0.3) is 0 Å². The molecule has 0 rings (SSSR count). The number of rotatable bonds is 47. The summed E-state index contributed by atoms with van der Waals surface area (Å²) in [5, 5.41) is 166. The Balaban J connectivity index is 6.17.